The van der Waals surface area contributed by atoms with Gasteiger partial charge >= 0.3 is 0 Å². The number of nitrogens with two attached hydrogens (primary N) is 2. The lowest BCUT2D eigenvalue weighted by molar-refractivity contribution is 0.0995. The van der Waals surface area contributed by atoms with Gasteiger partial charge in [0.05, 0.1) is 5.69 Å². The molecule has 0 bridgehead atoms. The molecule has 2 heterocycles. The van der Waals surface area contributed by atoms with Gasteiger partial charge in [0.2, 0.25) is 0 Å². The first kappa shape index (κ1) is 12.9. The van der Waals surface area contributed by atoms with Crippen LogP contribution in [0.15, 0.2) is 55.0 Å². The number of carbonyl (C=O) groups is 1. The highest BCUT2D eigenvalue weighted by Gasteiger charge is 2.10. The van der Waals surface area contributed by atoms with E-state index in [1.165, 1.54) is 0 Å². The number of amides is 1. The number of hydrogen-bond donors (Lipinski definition) is 2. The van der Waals surface area contributed by atoms with Crippen molar-refractivity contribution < 1.29 is 4.79 Å². The van der Waals surface area contributed by atoms with Gasteiger partial charge in [-0.3, -0.25) is 14.3 Å². The van der Waals surface area contributed by atoms with Crippen LogP contribution in [0.25, 0.3) is 17.1 Å². The molecule has 1 amide bonds. The van der Waals surface area contributed by atoms with Gasteiger partial charge in [0.1, 0.15) is 11.5 Å². The number of imidazole rings is 1. The maximum absolute atomic E-state index is 11.2. The van der Waals surface area contributed by atoms with Crippen molar-refractivity contribution in [3.63, 3.8) is 0 Å². The van der Waals surface area contributed by atoms with Gasteiger partial charge in [0.25, 0.3) is 5.91 Å². The minimum atomic E-state index is -0.567. The molecule has 21 heavy (non-hydrogen) atoms. The Morgan fingerprint density at radius 3 is 2.71 bits per heavy atom. The molecule has 4 N–H and O–H groups in total. The summed E-state index contributed by atoms with van der Waals surface area (Å²) in [7, 11) is 0. The fourth-order valence-electron chi connectivity index (χ4n) is 2.11. The van der Waals surface area contributed by atoms with Crippen LogP contribution in [0.2, 0.25) is 0 Å². The molecule has 0 aliphatic carbocycles. The average Bonchev–Trinajstić information content (AvgIpc) is 2.97. The number of nitrogens with zero attached hydrogens (tertiary/aromatic N) is 3. The van der Waals surface area contributed by atoms with Crippen molar-refractivity contribution >= 4 is 11.6 Å². The summed E-state index contributed by atoms with van der Waals surface area (Å²) in [6, 6.07) is 10.9. The van der Waals surface area contributed by atoms with Crippen LogP contribution < -0.4 is 11.5 Å². The second-order valence-electron chi connectivity index (χ2n) is 4.51. The van der Waals surface area contributed by atoms with E-state index < -0.39 is 5.91 Å². The van der Waals surface area contributed by atoms with Crippen molar-refractivity contribution in [2.45, 2.75) is 0 Å². The number of hydrogen-bond acceptors (Lipinski definition) is 4. The van der Waals surface area contributed by atoms with Crippen LogP contribution in [-0.2, 0) is 0 Å². The molecular formula is C15H13N5O. The highest BCUT2D eigenvalue weighted by Crippen LogP contribution is 2.23. The maximum Gasteiger partial charge on any atom is 0.267 e. The van der Waals surface area contributed by atoms with Gasteiger partial charge < -0.3 is 11.5 Å². The molecule has 0 spiro atoms. The maximum atomic E-state index is 11.2. The molecule has 6 heteroatoms. The number of nitrogen functional groups attached to an aromatic ring is 1. The molecule has 3 rings (SSSR count). The van der Waals surface area contributed by atoms with E-state index >= 15 is 0 Å². The fourth-order valence-corrected chi connectivity index (χ4v) is 2.11. The first-order chi connectivity index (χ1) is 10.1. The molecule has 3 aromatic rings. The molecule has 6 nitrogen and oxygen atoms in total. The Bertz CT molecular complexity index is 809. The van der Waals surface area contributed by atoms with Gasteiger partial charge in [-0.2, -0.15) is 0 Å². The smallest absolute Gasteiger partial charge is 0.267 e. The first-order valence-corrected chi connectivity index (χ1v) is 6.30. The van der Waals surface area contributed by atoms with E-state index in [1.54, 1.807) is 30.7 Å². The van der Waals surface area contributed by atoms with Crippen LogP contribution in [0.5, 0.6) is 0 Å². The lowest BCUT2D eigenvalue weighted by Crippen LogP contribution is -2.13. The number of anilines is 1. The van der Waals surface area contributed by atoms with Crippen molar-refractivity contribution in [2.75, 3.05) is 5.73 Å². The summed E-state index contributed by atoms with van der Waals surface area (Å²) in [6.07, 6.45) is 5.03. The van der Waals surface area contributed by atoms with E-state index in [4.69, 9.17) is 11.5 Å². The summed E-state index contributed by atoms with van der Waals surface area (Å²) in [6.45, 7) is 0. The first-order valence-electron chi connectivity index (χ1n) is 6.30. The number of rotatable bonds is 3. The molecule has 0 unspecified atom stereocenters. The van der Waals surface area contributed by atoms with Crippen LogP contribution in [-0.4, -0.2) is 20.4 Å². The van der Waals surface area contributed by atoms with Gasteiger partial charge in [-0.05, 0) is 24.3 Å². The molecule has 0 atom stereocenters. The predicted octanol–water partition coefficient (Wildman–Crippen LogP) is 1.62. The predicted molar refractivity (Wildman–Crippen MR) is 79.7 cm³/mol. The molecule has 2 aromatic heterocycles. The summed E-state index contributed by atoms with van der Waals surface area (Å²) in [5.74, 6) is 0.159. The molecule has 1 aromatic carbocycles. The summed E-state index contributed by atoms with van der Waals surface area (Å²) in [5, 5.41) is 0. The third-order valence-corrected chi connectivity index (χ3v) is 3.06. The number of pyridine rings is 1. The highest BCUT2D eigenvalue weighted by atomic mass is 16.1. The Morgan fingerprint density at radius 2 is 1.95 bits per heavy atom. The molecule has 0 aliphatic rings. The number of primary amides is 1. The van der Waals surface area contributed by atoms with E-state index in [9.17, 15) is 4.79 Å². The minimum absolute atomic E-state index is 0.208. The SMILES string of the molecule is NC(=O)c1cc(-n2ccnc2-c2cccc(N)c2)ccn1. The lowest BCUT2D eigenvalue weighted by atomic mass is 10.2. The number of carbonyl (C=O) groups excluding carboxylic acids is 1. The Labute approximate surface area is 121 Å². The van der Waals surface area contributed by atoms with E-state index in [1.807, 2.05) is 28.8 Å². The van der Waals surface area contributed by atoms with Gasteiger partial charge in [0, 0.05) is 29.8 Å². The monoisotopic (exact) mass is 279 g/mol. The molecule has 0 saturated heterocycles. The zero-order valence-electron chi connectivity index (χ0n) is 11.1. The van der Waals surface area contributed by atoms with Gasteiger partial charge in [-0.15, -0.1) is 0 Å². The third-order valence-electron chi connectivity index (χ3n) is 3.06. The van der Waals surface area contributed by atoms with Crippen molar-refractivity contribution in [2.24, 2.45) is 5.73 Å². The Hall–Kier alpha value is -3.15. The Kier molecular flexibility index (Phi) is 3.12. The molecule has 104 valence electrons. The zero-order chi connectivity index (χ0) is 14.8. The summed E-state index contributed by atoms with van der Waals surface area (Å²) in [4.78, 5) is 19.5. The Morgan fingerprint density at radius 1 is 1.10 bits per heavy atom. The third kappa shape index (κ3) is 2.46. The van der Waals surface area contributed by atoms with E-state index in [0.717, 1.165) is 17.1 Å². The van der Waals surface area contributed by atoms with Crippen molar-refractivity contribution in [3.8, 4) is 17.1 Å². The molecule has 0 saturated carbocycles. The van der Waals surface area contributed by atoms with Gasteiger partial charge in [-0.25, -0.2) is 4.98 Å². The van der Waals surface area contributed by atoms with Crippen molar-refractivity contribution in [1.29, 1.82) is 0 Å². The molecule has 0 fully saturated rings. The second kappa shape index (κ2) is 5.09. The van der Waals surface area contributed by atoms with Crippen LogP contribution >= 0.6 is 0 Å². The van der Waals surface area contributed by atoms with Gasteiger partial charge in [-0.1, -0.05) is 12.1 Å². The second-order valence-corrected chi connectivity index (χ2v) is 4.51. The van der Waals surface area contributed by atoms with Crippen molar-refractivity contribution in [1.82, 2.24) is 14.5 Å². The topological polar surface area (TPSA) is 99.8 Å². The number of aromatic nitrogens is 3. The molecular weight excluding hydrogens is 266 g/mol. The largest absolute Gasteiger partial charge is 0.399 e. The Balaban J connectivity index is 2.11. The van der Waals surface area contributed by atoms with Crippen LogP contribution in [0.3, 0.4) is 0 Å². The van der Waals surface area contributed by atoms with E-state index in [2.05, 4.69) is 9.97 Å². The summed E-state index contributed by atoms with van der Waals surface area (Å²) in [5.41, 5.74) is 13.6. The highest BCUT2D eigenvalue weighted by molar-refractivity contribution is 5.91. The summed E-state index contributed by atoms with van der Waals surface area (Å²) < 4.78 is 1.85. The van der Waals surface area contributed by atoms with E-state index in [0.29, 0.717) is 5.69 Å². The molecule has 0 aliphatic heterocycles. The van der Waals surface area contributed by atoms with Crippen LogP contribution in [0.4, 0.5) is 5.69 Å². The lowest BCUT2D eigenvalue weighted by Gasteiger charge is -2.09. The van der Waals surface area contributed by atoms with Crippen LogP contribution in [0, 0.1) is 0 Å². The average molecular weight is 279 g/mol. The van der Waals surface area contributed by atoms with Gasteiger partial charge in [0.15, 0.2) is 0 Å². The fraction of sp³-hybridized carbons (Fsp3) is 0. The normalized spacial score (nSPS) is 10.5. The summed E-state index contributed by atoms with van der Waals surface area (Å²) >= 11 is 0. The quantitative estimate of drug-likeness (QED) is 0.711. The standard InChI is InChI=1S/C15H13N5O/c16-11-3-1-2-10(8-11)15-19-6-7-20(15)12-4-5-18-13(9-12)14(17)21/h1-9H,16H2,(H2,17,21). The number of benzene rings is 1. The minimum Gasteiger partial charge on any atom is -0.399 e. The van der Waals surface area contributed by atoms with Crippen molar-refractivity contribution in [3.05, 3.63) is 60.7 Å². The van der Waals surface area contributed by atoms with Crippen LogP contribution in [0.1, 0.15) is 10.5 Å². The zero-order valence-corrected chi connectivity index (χ0v) is 11.1. The van der Waals surface area contributed by atoms with E-state index in [-0.39, 0.29) is 5.69 Å². The molecule has 0 radical (unpaired) electrons.